The van der Waals surface area contributed by atoms with E-state index in [0.29, 0.717) is 0 Å². The Morgan fingerprint density at radius 2 is 2.05 bits per heavy atom. The number of para-hydroxylation sites is 1. The zero-order valence-electron chi connectivity index (χ0n) is 12.4. The number of rotatable bonds is 4. The predicted octanol–water partition coefficient (Wildman–Crippen LogP) is 2.64. The highest BCUT2D eigenvalue weighted by atomic mass is 32.2. The van der Waals surface area contributed by atoms with Crippen molar-refractivity contribution in [2.75, 3.05) is 24.2 Å². The average Bonchev–Trinajstić information content (AvgIpc) is 2.37. The van der Waals surface area contributed by atoms with Gasteiger partial charge in [-0.3, -0.25) is 0 Å². The molecule has 1 aliphatic rings. The first-order chi connectivity index (χ1) is 9.31. The van der Waals surface area contributed by atoms with E-state index in [1.807, 2.05) is 12.1 Å². The normalized spacial score (nSPS) is 15.3. The molecule has 5 heteroatoms. The molecule has 0 saturated heterocycles. The largest absolute Gasteiger partial charge is 0.490 e. The standard InChI is InChI=1S/C15H23NO3S/c1-15(2,3)20(17,18)11-10-19-13-8-4-6-12-7-5-9-16-14(12)13/h4,6,8,16H,5,7,9-11H2,1-3H3. The molecule has 1 aromatic rings. The van der Waals surface area contributed by atoms with Crippen molar-refractivity contribution in [3.63, 3.8) is 0 Å². The Bertz CT molecular complexity index is 573. The van der Waals surface area contributed by atoms with Gasteiger partial charge in [0, 0.05) is 6.54 Å². The third-order valence-electron chi connectivity index (χ3n) is 3.58. The van der Waals surface area contributed by atoms with Crippen LogP contribution in [0.25, 0.3) is 0 Å². The van der Waals surface area contributed by atoms with Crippen LogP contribution >= 0.6 is 0 Å². The molecule has 0 fully saturated rings. The van der Waals surface area contributed by atoms with Crippen LogP contribution in [0.3, 0.4) is 0 Å². The summed E-state index contributed by atoms with van der Waals surface area (Å²) in [4.78, 5) is 0. The van der Waals surface area contributed by atoms with E-state index in [1.165, 1.54) is 5.56 Å². The third-order valence-corrected chi connectivity index (χ3v) is 6.15. The van der Waals surface area contributed by atoms with Gasteiger partial charge in [-0.05, 0) is 45.2 Å². The van der Waals surface area contributed by atoms with Crippen molar-refractivity contribution in [2.24, 2.45) is 0 Å². The lowest BCUT2D eigenvalue weighted by molar-refractivity contribution is 0.340. The molecule has 1 heterocycles. The second-order valence-corrected chi connectivity index (χ2v) is 8.96. The number of ether oxygens (including phenoxy) is 1. The fraction of sp³-hybridized carbons (Fsp3) is 0.600. The van der Waals surface area contributed by atoms with E-state index in [1.54, 1.807) is 20.8 Å². The zero-order chi connectivity index (χ0) is 14.8. The Morgan fingerprint density at radius 3 is 2.75 bits per heavy atom. The van der Waals surface area contributed by atoms with Gasteiger partial charge in [-0.2, -0.15) is 0 Å². The molecule has 0 amide bonds. The fourth-order valence-electron chi connectivity index (χ4n) is 2.17. The number of benzene rings is 1. The molecule has 4 nitrogen and oxygen atoms in total. The minimum Gasteiger partial charge on any atom is -0.490 e. The molecule has 0 bridgehead atoms. The summed E-state index contributed by atoms with van der Waals surface area (Å²) in [6.45, 7) is 6.28. The molecule has 1 aliphatic heterocycles. The van der Waals surface area contributed by atoms with Crippen LogP contribution in [-0.4, -0.2) is 32.1 Å². The summed E-state index contributed by atoms with van der Waals surface area (Å²) in [5.74, 6) is 0.798. The van der Waals surface area contributed by atoms with E-state index >= 15 is 0 Å². The van der Waals surface area contributed by atoms with Gasteiger partial charge in [0.05, 0.1) is 16.2 Å². The van der Waals surface area contributed by atoms with Crippen LogP contribution < -0.4 is 10.1 Å². The molecule has 0 spiro atoms. The summed E-state index contributed by atoms with van der Waals surface area (Å²) >= 11 is 0. The van der Waals surface area contributed by atoms with Gasteiger partial charge in [0.15, 0.2) is 9.84 Å². The van der Waals surface area contributed by atoms with Gasteiger partial charge in [-0.1, -0.05) is 12.1 Å². The molecule has 0 aliphatic carbocycles. The van der Waals surface area contributed by atoms with Crippen molar-refractivity contribution in [1.82, 2.24) is 0 Å². The molecule has 0 unspecified atom stereocenters. The highest BCUT2D eigenvalue weighted by Crippen LogP contribution is 2.32. The Labute approximate surface area is 121 Å². The summed E-state index contributed by atoms with van der Waals surface area (Å²) in [5.41, 5.74) is 2.26. The maximum absolute atomic E-state index is 12.0. The average molecular weight is 297 g/mol. The van der Waals surface area contributed by atoms with E-state index in [9.17, 15) is 8.42 Å². The summed E-state index contributed by atoms with van der Waals surface area (Å²) in [7, 11) is -3.13. The highest BCUT2D eigenvalue weighted by Gasteiger charge is 2.28. The summed E-state index contributed by atoms with van der Waals surface area (Å²) in [5, 5.41) is 3.33. The van der Waals surface area contributed by atoms with Crippen LogP contribution in [0.2, 0.25) is 0 Å². The molecule has 20 heavy (non-hydrogen) atoms. The molecule has 0 saturated carbocycles. The Kier molecular flexibility index (Phi) is 4.28. The van der Waals surface area contributed by atoms with Crippen molar-refractivity contribution >= 4 is 15.5 Å². The van der Waals surface area contributed by atoms with Crippen LogP contribution in [0.5, 0.6) is 5.75 Å². The summed E-state index contributed by atoms with van der Waals surface area (Å²) in [6.07, 6.45) is 2.16. The zero-order valence-corrected chi connectivity index (χ0v) is 13.2. The van der Waals surface area contributed by atoms with Gasteiger partial charge >= 0.3 is 0 Å². The molecule has 0 radical (unpaired) electrons. The molecule has 112 valence electrons. The van der Waals surface area contributed by atoms with Crippen molar-refractivity contribution in [3.05, 3.63) is 23.8 Å². The van der Waals surface area contributed by atoms with Crippen molar-refractivity contribution in [2.45, 2.75) is 38.4 Å². The number of fused-ring (bicyclic) bond motifs is 1. The Morgan fingerprint density at radius 1 is 1.30 bits per heavy atom. The first-order valence-electron chi connectivity index (χ1n) is 7.02. The first-order valence-corrected chi connectivity index (χ1v) is 8.67. The van der Waals surface area contributed by atoms with Crippen LogP contribution in [0.15, 0.2) is 18.2 Å². The maximum Gasteiger partial charge on any atom is 0.158 e. The van der Waals surface area contributed by atoms with Gasteiger partial charge < -0.3 is 10.1 Å². The lowest BCUT2D eigenvalue weighted by Gasteiger charge is -2.22. The van der Waals surface area contributed by atoms with Gasteiger partial charge in [-0.25, -0.2) is 8.42 Å². The third kappa shape index (κ3) is 3.26. The Balaban J connectivity index is 2.02. The molecule has 1 N–H and O–H groups in total. The number of nitrogens with one attached hydrogen (secondary N) is 1. The Hall–Kier alpha value is -1.23. The minimum absolute atomic E-state index is 0.0418. The second kappa shape index (κ2) is 5.64. The highest BCUT2D eigenvalue weighted by molar-refractivity contribution is 7.92. The van der Waals surface area contributed by atoms with E-state index in [-0.39, 0.29) is 12.4 Å². The van der Waals surface area contributed by atoms with Gasteiger partial charge in [0.2, 0.25) is 0 Å². The lowest BCUT2D eigenvalue weighted by atomic mass is 10.0. The molecule has 0 atom stereocenters. The van der Waals surface area contributed by atoms with Crippen molar-refractivity contribution in [1.29, 1.82) is 0 Å². The smallest absolute Gasteiger partial charge is 0.158 e. The lowest BCUT2D eigenvalue weighted by Crippen LogP contribution is -2.32. The molecule has 2 rings (SSSR count). The van der Waals surface area contributed by atoms with E-state index in [4.69, 9.17) is 4.74 Å². The molecule has 0 aromatic heterocycles. The van der Waals surface area contributed by atoms with E-state index in [2.05, 4.69) is 11.4 Å². The van der Waals surface area contributed by atoms with Crippen LogP contribution in [0.1, 0.15) is 32.8 Å². The SMILES string of the molecule is CC(C)(C)S(=O)(=O)CCOc1cccc2c1NCCC2. The van der Waals surface area contributed by atoms with Crippen LogP contribution in [0, 0.1) is 0 Å². The topological polar surface area (TPSA) is 55.4 Å². The van der Waals surface area contributed by atoms with Gasteiger partial charge in [0.1, 0.15) is 12.4 Å². The predicted molar refractivity (Wildman–Crippen MR) is 82.3 cm³/mol. The minimum atomic E-state index is -3.13. The molecular weight excluding hydrogens is 274 g/mol. The van der Waals surface area contributed by atoms with Crippen molar-refractivity contribution in [3.8, 4) is 5.75 Å². The second-order valence-electron chi connectivity index (χ2n) is 6.10. The monoisotopic (exact) mass is 297 g/mol. The van der Waals surface area contributed by atoms with Crippen LogP contribution in [-0.2, 0) is 16.3 Å². The summed E-state index contributed by atoms with van der Waals surface area (Å²) in [6, 6.07) is 5.93. The number of hydrogen-bond acceptors (Lipinski definition) is 4. The number of sulfone groups is 1. The maximum atomic E-state index is 12.0. The molecular formula is C15H23NO3S. The van der Waals surface area contributed by atoms with Gasteiger partial charge in [0.25, 0.3) is 0 Å². The quantitative estimate of drug-likeness (QED) is 0.928. The number of hydrogen-bond donors (Lipinski definition) is 1. The van der Waals surface area contributed by atoms with E-state index < -0.39 is 14.6 Å². The first kappa shape index (κ1) is 15.2. The number of anilines is 1. The fourth-order valence-corrected chi connectivity index (χ4v) is 3.08. The molecule has 1 aromatic carbocycles. The van der Waals surface area contributed by atoms with E-state index in [0.717, 1.165) is 30.8 Å². The summed E-state index contributed by atoms with van der Waals surface area (Å²) < 4.78 is 29.0. The van der Waals surface area contributed by atoms with Gasteiger partial charge in [-0.15, -0.1) is 0 Å². The van der Waals surface area contributed by atoms with Crippen molar-refractivity contribution < 1.29 is 13.2 Å². The van der Waals surface area contributed by atoms with Crippen LogP contribution in [0.4, 0.5) is 5.69 Å². The number of aryl methyl sites for hydroxylation is 1.